The highest BCUT2D eigenvalue weighted by molar-refractivity contribution is 5.36. The van der Waals surface area contributed by atoms with E-state index in [0.29, 0.717) is 6.04 Å². The summed E-state index contributed by atoms with van der Waals surface area (Å²) in [6.07, 6.45) is 2.62. The molecule has 0 radical (unpaired) electrons. The minimum absolute atomic E-state index is 0.133. The summed E-state index contributed by atoms with van der Waals surface area (Å²) in [6, 6.07) is 9.08. The van der Waals surface area contributed by atoms with Crippen LogP contribution in [0.5, 0.6) is 0 Å². The predicted octanol–water partition coefficient (Wildman–Crippen LogP) is 2.38. The molecule has 0 spiro atoms. The maximum atomic E-state index is 10.7. The second kappa shape index (κ2) is 6.70. The summed E-state index contributed by atoms with van der Waals surface area (Å²) in [4.78, 5) is 21.0. The highest BCUT2D eigenvalue weighted by atomic mass is 16.6. The van der Waals surface area contributed by atoms with Crippen molar-refractivity contribution >= 4 is 11.5 Å². The van der Waals surface area contributed by atoms with E-state index >= 15 is 0 Å². The number of aromatic nitrogens is 2. The van der Waals surface area contributed by atoms with Gasteiger partial charge in [-0.1, -0.05) is 12.1 Å². The van der Waals surface area contributed by atoms with Crippen LogP contribution in [0, 0.1) is 17.0 Å². The highest BCUT2D eigenvalue weighted by Crippen LogP contribution is 2.18. The number of benzene rings is 1. The van der Waals surface area contributed by atoms with Crippen LogP contribution in [0.4, 0.5) is 11.5 Å². The second-order valence-electron chi connectivity index (χ2n) is 5.83. The molecule has 1 saturated heterocycles. The molecule has 2 aromatic rings. The van der Waals surface area contributed by atoms with E-state index in [9.17, 15) is 10.1 Å². The van der Waals surface area contributed by atoms with Crippen LogP contribution in [0.15, 0.2) is 36.7 Å². The quantitative estimate of drug-likeness (QED) is 0.674. The smallest absolute Gasteiger partial charge is 0.269 e. The SMILES string of the molecule is Cc1cc(NC2CCN(Cc3ccc([N+](=O)[O-])cc3)C2)ncn1. The molecule has 1 aromatic carbocycles. The number of nitrogens with one attached hydrogen (secondary N) is 1. The molecule has 1 atom stereocenters. The highest BCUT2D eigenvalue weighted by Gasteiger charge is 2.22. The van der Waals surface area contributed by atoms with E-state index in [0.717, 1.165) is 43.1 Å². The normalized spacial score (nSPS) is 18.0. The van der Waals surface area contributed by atoms with Crippen molar-refractivity contribution in [3.05, 3.63) is 58.0 Å². The maximum Gasteiger partial charge on any atom is 0.269 e. The number of anilines is 1. The van der Waals surface area contributed by atoms with Crippen molar-refractivity contribution in [1.82, 2.24) is 14.9 Å². The Morgan fingerprint density at radius 2 is 2.13 bits per heavy atom. The predicted molar refractivity (Wildman–Crippen MR) is 87.2 cm³/mol. The molecule has 23 heavy (non-hydrogen) atoms. The molecular weight excluding hydrogens is 294 g/mol. The molecule has 0 saturated carbocycles. The van der Waals surface area contributed by atoms with Crippen molar-refractivity contribution in [2.45, 2.75) is 25.9 Å². The van der Waals surface area contributed by atoms with Gasteiger partial charge in [0, 0.05) is 49.6 Å². The van der Waals surface area contributed by atoms with Crippen LogP contribution >= 0.6 is 0 Å². The first-order chi connectivity index (χ1) is 11.1. The van der Waals surface area contributed by atoms with Gasteiger partial charge in [0.25, 0.3) is 5.69 Å². The zero-order valence-corrected chi connectivity index (χ0v) is 13.0. The minimum atomic E-state index is -0.372. The lowest BCUT2D eigenvalue weighted by Gasteiger charge is -2.17. The van der Waals surface area contributed by atoms with E-state index in [4.69, 9.17) is 0 Å². The van der Waals surface area contributed by atoms with Gasteiger partial charge in [-0.25, -0.2) is 9.97 Å². The third kappa shape index (κ3) is 4.01. The Kier molecular flexibility index (Phi) is 4.47. The molecule has 0 amide bonds. The molecule has 3 rings (SSSR count). The van der Waals surface area contributed by atoms with E-state index in [2.05, 4.69) is 20.2 Å². The van der Waals surface area contributed by atoms with E-state index < -0.39 is 0 Å². The number of nitro groups is 1. The van der Waals surface area contributed by atoms with Crippen LogP contribution in [0.3, 0.4) is 0 Å². The van der Waals surface area contributed by atoms with Crippen LogP contribution in [0.2, 0.25) is 0 Å². The topological polar surface area (TPSA) is 84.2 Å². The first-order valence-corrected chi connectivity index (χ1v) is 7.61. The van der Waals surface area contributed by atoms with Crippen molar-refractivity contribution in [3.63, 3.8) is 0 Å². The molecule has 0 aliphatic carbocycles. The van der Waals surface area contributed by atoms with E-state index in [-0.39, 0.29) is 10.6 Å². The summed E-state index contributed by atoms with van der Waals surface area (Å²) in [5, 5.41) is 14.1. The second-order valence-corrected chi connectivity index (χ2v) is 5.83. The van der Waals surface area contributed by atoms with Gasteiger partial charge in [0.1, 0.15) is 12.1 Å². The van der Waals surface area contributed by atoms with Gasteiger partial charge < -0.3 is 5.32 Å². The molecule has 1 aliphatic heterocycles. The monoisotopic (exact) mass is 313 g/mol. The average Bonchev–Trinajstić information content (AvgIpc) is 2.95. The van der Waals surface area contributed by atoms with Crippen LogP contribution in [0.25, 0.3) is 0 Å². The third-order valence-corrected chi connectivity index (χ3v) is 3.98. The molecule has 0 bridgehead atoms. The molecule has 120 valence electrons. The van der Waals surface area contributed by atoms with E-state index in [1.54, 1.807) is 18.5 Å². The first-order valence-electron chi connectivity index (χ1n) is 7.61. The van der Waals surface area contributed by atoms with Gasteiger partial charge in [0.15, 0.2) is 0 Å². The molecule has 1 fully saturated rings. The lowest BCUT2D eigenvalue weighted by Crippen LogP contribution is -2.26. The van der Waals surface area contributed by atoms with Crippen LogP contribution in [-0.4, -0.2) is 38.9 Å². The Morgan fingerprint density at radius 3 is 2.83 bits per heavy atom. The summed E-state index contributed by atoms with van der Waals surface area (Å²) in [5.74, 6) is 0.861. The minimum Gasteiger partial charge on any atom is -0.366 e. The Labute approximate surface area is 134 Å². The van der Waals surface area contributed by atoms with Crippen molar-refractivity contribution in [2.24, 2.45) is 0 Å². The van der Waals surface area contributed by atoms with Crippen LogP contribution < -0.4 is 5.32 Å². The standard InChI is InChI=1S/C16H19N5O2/c1-12-8-16(18-11-17-12)19-14-6-7-20(10-14)9-13-2-4-15(5-3-13)21(22)23/h2-5,8,11,14H,6-7,9-10H2,1H3,(H,17,18,19). The fraction of sp³-hybridized carbons (Fsp3) is 0.375. The van der Waals surface area contributed by atoms with Crippen molar-refractivity contribution < 1.29 is 4.92 Å². The average molecular weight is 313 g/mol. The molecule has 1 unspecified atom stereocenters. The van der Waals surface area contributed by atoms with Gasteiger partial charge in [-0.2, -0.15) is 0 Å². The molecular formula is C16H19N5O2. The number of hydrogen-bond acceptors (Lipinski definition) is 6. The van der Waals surface area contributed by atoms with Crippen molar-refractivity contribution in [2.75, 3.05) is 18.4 Å². The fourth-order valence-corrected chi connectivity index (χ4v) is 2.82. The largest absolute Gasteiger partial charge is 0.366 e. The number of likely N-dealkylation sites (tertiary alicyclic amines) is 1. The Hall–Kier alpha value is -2.54. The summed E-state index contributed by atoms with van der Waals surface area (Å²) in [6.45, 7) is 4.68. The number of hydrogen-bond donors (Lipinski definition) is 1. The molecule has 7 nitrogen and oxygen atoms in total. The van der Waals surface area contributed by atoms with Crippen molar-refractivity contribution in [3.8, 4) is 0 Å². The Balaban J connectivity index is 1.54. The summed E-state index contributed by atoms with van der Waals surface area (Å²) >= 11 is 0. The summed E-state index contributed by atoms with van der Waals surface area (Å²) in [7, 11) is 0. The van der Waals surface area contributed by atoms with Gasteiger partial charge in [0.05, 0.1) is 4.92 Å². The molecule has 2 heterocycles. The molecule has 1 aromatic heterocycles. The van der Waals surface area contributed by atoms with Crippen LogP contribution in [-0.2, 0) is 6.54 Å². The van der Waals surface area contributed by atoms with Gasteiger partial charge in [-0.05, 0) is 18.9 Å². The number of nitro benzene ring substituents is 1. The first kappa shape index (κ1) is 15.4. The number of rotatable bonds is 5. The third-order valence-electron chi connectivity index (χ3n) is 3.98. The summed E-state index contributed by atoms with van der Waals surface area (Å²) < 4.78 is 0. The van der Waals surface area contributed by atoms with Crippen molar-refractivity contribution in [1.29, 1.82) is 0 Å². The van der Waals surface area contributed by atoms with Gasteiger partial charge >= 0.3 is 0 Å². The Morgan fingerprint density at radius 1 is 1.35 bits per heavy atom. The molecule has 7 heteroatoms. The maximum absolute atomic E-state index is 10.7. The zero-order chi connectivity index (χ0) is 16.2. The van der Waals surface area contributed by atoms with Gasteiger partial charge in [0.2, 0.25) is 0 Å². The zero-order valence-electron chi connectivity index (χ0n) is 13.0. The fourth-order valence-electron chi connectivity index (χ4n) is 2.82. The number of nitrogens with zero attached hydrogens (tertiary/aromatic N) is 4. The number of aryl methyl sites for hydroxylation is 1. The van der Waals surface area contributed by atoms with Gasteiger partial charge in [-0.15, -0.1) is 0 Å². The lowest BCUT2D eigenvalue weighted by atomic mass is 10.2. The number of non-ortho nitro benzene ring substituents is 1. The molecule has 1 aliphatic rings. The van der Waals surface area contributed by atoms with E-state index in [1.165, 1.54) is 0 Å². The van der Waals surface area contributed by atoms with Gasteiger partial charge in [-0.3, -0.25) is 15.0 Å². The lowest BCUT2D eigenvalue weighted by molar-refractivity contribution is -0.384. The Bertz CT molecular complexity index is 689. The van der Waals surface area contributed by atoms with E-state index in [1.807, 2.05) is 25.1 Å². The molecule has 1 N–H and O–H groups in total. The van der Waals surface area contributed by atoms with Crippen LogP contribution in [0.1, 0.15) is 17.7 Å². The summed E-state index contributed by atoms with van der Waals surface area (Å²) in [5.41, 5.74) is 2.17.